The van der Waals surface area contributed by atoms with Gasteiger partial charge in [0, 0.05) is 41.4 Å². The molecular weight excluding hydrogens is 322 g/mol. The summed E-state index contributed by atoms with van der Waals surface area (Å²) in [4.78, 5) is 11.6. The van der Waals surface area contributed by atoms with Gasteiger partial charge in [-0.25, -0.2) is 0 Å². The maximum absolute atomic E-state index is 11.6. The van der Waals surface area contributed by atoms with Gasteiger partial charge in [-0.05, 0) is 51.4 Å². The molecule has 0 aliphatic heterocycles. The summed E-state index contributed by atoms with van der Waals surface area (Å²) in [6, 6.07) is 0.556. The Morgan fingerprint density at radius 1 is 0.962 bits per heavy atom. The molecule has 2 saturated carbocycles. The normalized spacial score (nSPS) is 28.3. The number of rotatable bonds is 12. The first kappa shape index (κ1) is 21.3. The van der Waals surface area contributed by atoms with Crippen LogP contribution in [0.15, 0.2) is 11.9 Å². The van der Waals surface area contributed by atoms with Gasteiger partial charge in [0.15, 0.2) is 0 Å². The van der Waals surface area contributed by atoms with Crippen LogP contribution in [0.25, 0.3) is 0 Å². The maximum Gasteiger partial charge on any atom is 0.135 e. The molecule has 26 heavy (non-hydrogen) atoms. The standard InChI is InChI=1S/C22H41N3O/c1-17(2)20(26)10-8-6-5-7-9-19(23)15-24-21-11-13-22(16-21,14-12-21)25-18(3)4/h15,17-18,24-25H,5-14,16,23H2,1-4H3/b19-15-. The third-order valence-electron chi connectivity index (χ3n) is 6.28. The fraction of sp³-hybridized carbons (Fsp3) is 0.864. The van der Waals surface area contributed by atoms with Crippen molar-refractivity contribution >= 4 is 5.78 Å². The van der Waals surface area contributed by atoms with Crippen molar-refractivity contribution in [3.63, 3.8) is 0 Å². The summed E-state index contributed by atoms with van der Waals surface area (Å²) >= 11 is 0. The minimum Gasteiger partial charge on any atom is -0.401 e. The largest absolute Gasteiger partial charge is 0.401 e. The van der Waals surface area contributed by atoms with Gasteiger partial charge < -0.3 is 16.4 Å². The van der Waals surface area contributed by atoms with Crippen molar-refractivity contribution in [2.75, 3.05) is 0 Å². The zero-order valence-corrected chi connectivity index (χ0v) is 17.5. The van der Waals surface area contributed by atoms with Crippen LogP contribution in [0.3, 0.4) is 0 Å². The van der Waals surface area contributed by atoms with Gasteiger partial charge in [-0.3, -0.25) is 4.79 Å². The number of Topliss-reactive ketones (excluding diaryl/α,β-unsaturated/α-hetero) is 1. The number of hydrogen-bond donors (Lipinski definition) is 3. The lowest BCUT2D eigenvalue weighted by molar-refractivity contribution is -0.122. The molecule has 2 bridgehead atoms. The Labute approximate surface area is 160 Å². The van der Waals surface area contributed by atoms with Crippen molar-refractivity contribution in [1.29, 1.82) is 0 Å². The van der Waals surface area contributed by atoms with Gasteiger partial charge in [0.25, 0.3) is 0 Å². The molecule has 0 radical (unpaired) electrons. The number of ketones is 1. The van der Waals surface area contributed by atoms with Crippen LogP contribution < -0.4 is 16.4 Å². The first-order chi connectivity index (χ1) is 12.3. The van der Waals surface area contributed by atoms with E-state index in [1.54, 1.807) is 0 Å². The van der Waals surface area contributed by atoms with Crippen LogP contribution >= 0.6 is 0 Å². The lowest BCUT2D eigenvalue weighted by Gasteiger charge is -2.30. The predicted octanol–water partition coefficient (Wildman–Crippen LogP) is 4.40. The van der Waals surface area contributed by atoms with Crippen LogP contribution in [0.4, 0.5) is 0 Å². The van der Waals surface area contributed by atoms with E-state index in [0.717, 1.165) is 44.2 Å². The molecule has 4 N–H and O–H groups in total. The van der Waals surface area contributed by atoms with E-state index in [1.807, 2.05) is 13.8 Å². The van der Waals surface area contributed by atoms with Crippen LogP contribution in [0.2, 0.25) is 0 Å². The van der Waals surface area contributed by atoms with E-state index in [2.05, 4.69) is 30.7 Å². The van der Waals surface area contributed by atoms with Gasteiger partial charge in [0.05, 0.1) is 0 Å². The van der Waals surface area contributed by atoms with Gasteiger partial charge in [0.2, 0.25) is 0 Å². The van der Waals surface area contributed by atoms with Crippen molar-refractivity contribution in [2.45, 2.75) is 115 Å². The molecule has 4 nitrogen and oxygen atoms in total. The molecule has 2 fully saturated rings. The Balaban J connectivity index is 1.63. The van der Waals surface area contributed by atoms with Crippen LogP contribution in [0.5, 0.6) is 0 Å². The smallest absolute Gasteiger partial charge is 0.135 e. The molecule has 2 aliphatic carbocycles. The molecule has 0 spiro atoms. The molecule has 0 aromatic heterocycles. The molecule has 0 heterocycles. The van der Waals surface area contributed by atoms with Gasteiger partial charge in [-0.1, -0.05) is 40.5 Å². The Morgan fingerprint density at radius 2 is 1.54 bits per heavy atom. The van der Waals surface area contributed by atoms with Crippen molar-refractivity contribution in [3.05, 3.63) is 11.9 Å². The molecule has 0 aromatic rings. The first-order valence-electron chi connectivity index (χ1n) is 10.8. The minimum absolute atomic E-state index is 0.180. The molecule has 2 rings (SSSR count). The molecule has 0 atom stereocenters. The first-order valence-corrected chi connectivity index (χ1v) is 10.8. The molecule has 0 aromatic carbocycles. The fourth-order valence-corrected chi connectivity index (χ4v) is 4.80. The number of nitrogens with two attached hydrogens (primary N) is 1. The van der Waals surface area contributed by atoms with E-state index in [9.17, 15) is 4.79 Å². The maximum atomic E-state index is 11.6. The highest BCUT2D eigenvalue weighted by Crippen LogP contribution is 2.50. The van der Waals surface area contributed by atoms with E-state index < -0.39 is 0 Å². The van der Waals surface area contributed by atoms with Crippen LogP contribution in [0.1, 0.15) is 98.3 Å². The number of carbonyl (C=O) groups is 1. The summed E-state index contributed by atoms with van der Waals surface area (Å²) in [5.41, 5.74) is 7.82. The van der Waals surface area contributed by atoms with E-state index in [-0.39, 0.29) is 11.5 Å². The summed E-state index contributed by atoms with van der Waals surface area (Å²) in [5, 5.41) is 7.50. The Kier molecular flexibility index (Phi) is 7.57. The second-order valence-corrected chi connectivity index (χ2v) is 9.44. The third kappa shape index (κ3) is 6.00. The van der Waals surface area contributed by atoms with Crippen molar-refractivity contribution in [3.8, 4) is 0 Å². The second kappa shape index (κ2) is 9.25. The highest BCUT2D eigenvalue weighted by atomic mass is 16.1. The summed E-state index contributed by atoms with van der Waals surface area (Å²) in [5.74, 6) is 0.573. The fourth-order valence-electron chi connectivity index (χ4n) is 4.80. The van der Waals surface area contributed by atoms with E-state index in [1.165, 1.54) is 32.1 Å². The molecule has 2 aliphatic rings. The molecule has 0 amide bonds. The van der Waals surface area contributed by atoms with Gasteiger partial charge in [0.1, 0.15) is 5.78 Å². The van der Waals surface area contributed by atoms with Gasteiger partial charge in [-0.15, -0.1) is 0 Å². The molecular formula is C22H41N3O. The Morgan fingerprint density at radius 3 is 2.12 bits per heavy atom. The van der Waals surface area contributed by atoms with Crippen LogP contribution in [-0.2, 0) is 4.79 Å². The van der Waals surface area contributed by atoms with Crippen molar-refractivity contribution < 1.29 is 4.79 Å². The van der Waals surface area contributed by atoms with Crippen molar-refractivity contribution in [1.82, 2.24) is 10.6 Å². The molecule has 150 valence electrons. The highest BCUT2D eigenvalue weighted by Gasteiger charge is 2.53. The van der Waals surface area contributed by atoms with Crippen LogP contribution in [0, 0.1) is 5.92 Å². The number of fused-ring (bicyclic) bond motifs is 2. The average Bonchev–Trinajstić information content (AvgIpc) is 3.11. The summed E-state index contributed by atoms with van der Waals surface area (Å²) in [6.45, 7) is 8.46. The monoisotopic (exact) mass is 363 g/mol. The molecule has 0 saturated heterocycles. The Bertz CT molecular complexity index is 488. The third-order valence-corrected chi connectivity index (χ3v) is 6.28. The SMILES string of the molecule is CC(C)NC12CCC(N/C=C(\N)CCCCCCC(=O)C(C)C)(CC1)C2. The number of carbonyl (C=O) groups excluding carboxylic acids is 1. The number of unbranched alkanes of at least 4 members (excludes halogenated alkanes) is 3. The zero-order chi connectivity index (χ0) is 19.2. The quantitative estimate of drug-likeness (QED) is 0.450. The minimum atomic E-state index is 0.180. The molecule has 4 heteroatoms. The zero-order valence-electron chi connectivity index (χ0n) is 17.5. The van der Waals surface area contributed by atoms with E-state index in [0.29, 0.717) is 17.4 Å². The highest BCUT2D eigenvalue weighted by molar-refractivity contribution is 5.80. The van der Waals surface area contributed by atoms with Gasteiger partial charge in [-0.2, -0.15) is 0 Å². The van der Waals surface area contributed by atoms with Crippen molar-refractivity contribution in [2.24, 2.45) is 11.7 Å². The Hall–Kier alpha value is -1.03. The summed E-state index contributed by atoms with van der Waals surface area (Å²) in [7, 11) is 0. The summed E-state index contributed by atoms with van der Waals surface area (Å²) < 4.78 is 0. The molecule has 0 unspecified atom stereocenters. The number of allylic oxidation sites excluding steroid dienone is 1. The summed E-state index contributed by atoms with van der Waals surface area (Å²) in [6.07, 6.45) is 14.5. The second-order valence-electron chi connectivity index (χ2n) is 9.44. The number of nitrogens with one attached hydrogen (secondary N) is 2. The van der Waals surface area contributed by atoms with Crippen LogP contribution in [-0.4, -0.2) is 22.9 Å². The topological polar surface area (TPSA) is 67.2 Å². The average molecular weight is 364 g/mol. The lowest BCUT2D eigenvalue weighted by Crippen LogP contribution is -2.45. The number of hydrogen-bond acceptors (Lipinski definition) is 4. The van der Waals surface area contributed by atoms with E-state index >= 15 is 0 Å². The predicted molar refractivity (Wildman–Crippen MR) is 110 cm³/mol. The van der Waals surface area contributed by atoms with Gasteiger partial charge >= 0.3 is 0 Å². The van der Waals surface area contributed by atoms with E-state index in [4.69, 9.17) is 5.73 Å². The lowest BCUT2D eigenvalue weighted by atomic mass is 9.91.